The van der Waals surface area contributed by atoms with Gasteiger partial charge in [-0.25, -0.2) is 0 Å². The second kappa shape index (κ2) is 2.52. The average molecular weight is 226 g/mol. The van der Waals surface area contributed by atoms with Gasteiger partial charge >= 0.3 is 0 Å². The molecule has 1 N–H and O–H groups in total. The number of hydrogen-bond acceptors (Lipinski definition) is 1. The number of aryl methyl sites for hydroxylation is 1. The molecule has 2 rings (SSSR count). The van der Waals surface area contributed by atoms with Crippen LogP contribution in [0.25, 0.3) is 10.9 Å². The Morgan fingerprint density at radius 1 is 1.42 bits per heavy atom. The van der Waals surface area contributed by atoms with E-state index in [1.807, 2.05) is 29.8 Å². The van der Waals surface area contributed by atoms with Crippen molar-refractivity contribution in [1.82, 2.24) is 4.57 Å². The van der Waals surface area contributed by atoms with Gasteiger partial charge in [0.2, 0.25) is 0 Å². The number of aromatic nitrogens is 1. The minimum absolute atomic E-state index is 0.328. The minimum Gasteiger partial charge on any atom is -0.507 e. The summed E-state index contributed by atoms with van der Waals surface area (Å²) in [5.74, 6) is 0.328. The Hall–Kier alpha value is -0.960. The third-order valence-corrected chi connectivity index (χ3v) is 2.77. The average Bonchev–Trinajstić information content (AvgIpc) is 2.32. The maximum absolute atomic E-state index is 9.47. The Labute approximate surface area is 78.6 Å². The molecule has 0 aliphatic carbocycles. The number of fused-ring (bicyclic) bond motifs is 1. The van der Waals surface area contributed by atoms with Gasteiger partial charge in [-0.15, -0.1) is 0 Å². The largest absolute Gasteiger partial charge is 0.507 e. The summed E-state index contributed by atoms with van der Waals surface area (Å²) in [4.78, 5) is 0. The molecule has 62 valence electrons. The molecule has 12 heavy (non-hydrogen) atoms. The molecule has 1 heterocycles. The van der Waals surface area contributed by atoms with Crippen LogP contribution in [0.1, 0.15) is 0 Å². The zero-order valence-electron chi connectivity index (χ0n) is 6.58. The monoisotopic (exact) mass is 225 g/mol. The zero-order valence-corrected chi connectivity index (χ0v) is 8.17. The molecule has 3 heteroatoms. The van der Waals surface area contributed by atoms with Gasteiger partial charge in [-0.05, 0) is 34.1 Å². The minimum atomic E-state index is 0.328. The highest BCUT2D eigenvalue weighted by Gasteiger charge is 2.05. The van der Waals surface area contributed by atoms with E-state index in [1.165, 1.54) is 0 Å². The fraction of sp³-hybridized carbons (Fsp3) is 0.111. The first-order valence-corrected chi connectivity index (χ1v) is 4.42. The van der Waals surface area contributed by atoms with E-state index in [0.29, 0.717) is 5.75 Å². The maximum Gasteiger partial charge on any atom is 0.124 e. The number of halogens is 1. The van der Waals surface area contributed by atoms with Crippen LogP contribution < -0.4 is 0 Å². The first-order chi connectivity index (χ1) is 5.70. The van der Waals surface area contributed by atoms with Crippen LogP contribution in [0.4, 0.5) is 0 Å². The smallest absolute Gasteiger partial charge is 0.124 e. The van der Waals surface area contributed by atoms with Crippen molar-refractivity contribution < 1.29 is 5.11 Å². The molecule has 0 aliphatic heterocycles. The molecule has 0 unspecified atom stereocenters. The highest BCUT2D eigenvalue weighted by atomic mass is 79.9. The number of aromatic hydroxyl groups is 1. The Balaban J connectivity index is 2.95. The molecule has 0 fully saturated rings. The van der Waals surface area contributed by atoms with Crippen LogP contribution in [0, 0.1) is 0 Å². The van der Waals surface area contributed by atoms with E-state index in [1.54, 1.807) is 6.07 Å². The zero-order chi connectivity index (χ0) is 8.72. The topological polar surface area (TPSA) is 25.2 Å². The first-order valence-electron chi connectivity index (χ1n) is 3.63. The van der Waals surface area contributed by atoms with Crippen molar-refractivity contribution in [1.29, 1.82) is 0 Å². The van der Waals surface area contributed by atoms with Gasteiger partial charge in [0.1, 0.15) is 5.75 Å². The quantitative estimate of drug-likeness (QED) is 0.733. The third-order valence-electron chi connectivity index (χ3n) is 2.01. The van der Waals surface area contributed by atoms with Crippen molar-refractivity contribution in [2.75, 3.05) is 0 Å². The number of nitrogens with zero attached hydrogens (tertiary/aromatic N) is 1. The van der Waals surface area contributed by atoms with E-state index in [-0.39, 0.29) is 0 Å². The summed E-state index contributed by atoms with van der Waals surface area (Å²) in [6, 6.07) is 7.41. The van der Waals surface area contributed by atoms with E-state index in [0.717, 1.165) is 15.5 Å². The van der Waals surface area contributed by atoms with Crippen LogP contribution in [0.5, 0.6) is 5.75 Å². The molecule has 2 aromatic rings. The molecule has 2 nitrogen and oxygen atoms in total. The first kappa shape index (κ1) is 7.68. The van der Waals surface area contributed by atoms with Crippen molar-refractivity contribution in [3.63, 3.8) is 0 Å². The van der Waals surface area contributed by atoms with Crippen molar-refractivity contribution in [3.8, 4) is 5.75 Å². The summed E-state index contributed by atoms with van der Waals surface area (Å²) in [6.07, 6.45) is 0. The van der Waals surface area contributed by atoms with Gasteiger partial charge in [-0.1, -0.05) is 6.07 Å². The highest BCUT2D eigenvalue weighted by molar-refractivity contribution is 9.10. The molecule has 0 amide bonds. The highest BCUT2D eigenvalue weighted by Crippen LogP contribution is 2.29. The van der Waals surface area contributed by atoms with Gasteiger partial charge in [0.15, 0.2) is 0 Å². The van der Waals surface area contributed by atoms with E-state index in [4.69, 9.17) is 0 Å². The lowest BCUT2D eigenvalue weighted by atomic mass is 10.2. The molecule has 0 saturated heterocycles. The molecular formula is C9H8BrNO. The van der Waals surface area contributed by atoms with Crippen LogP contribution in [0.2, 0.25) is 0 Å². The van der Waals surface area contributed by atoms with Crippen LogP contribution in [0.3, 0.4) is 0 Å². The molecule has 0 atom stereocenters. The van der Waals surface area contributed by atoms with E-state index in [9.17, 15) is 5.11 Å². The van der Waals surface area contributed by atoms with Crippen LogP contribution >= 0.6 is 15.9 Å². The van der Waals surface area contributed by atoms with Crippen molar-refractivity contribution >= 4 is 26.8 Å². The molecular weight excluding hydrogens is 218 g/mol. The Bertz CT molecular complexity index is 433. The van der Waals surface area contributed by atoms with E-state index < -0.39 is 0 Å². The number of rotatable bonds is 0. The number of phenols is 1. The van der Waals surface area contributed by atoms with E-state index in [2.05, 4.69) is 15.9 Å². The standard InChI is InChI=1S/C9H8BrNO/c1-11-7-3-2-4-8(12)6(7)5-9(11)10/h2-5,12H,1H3. The summed E-state index contributed by atoms with van der Waals surface area (Å²) in [7, 11) is 1.95. The van der Waals surface area contributed by atoms with E-state index >= 15 is 0 Å². The Kier molecular flexibility index (Phi) is 1.61. The lowest BCUT2D eigenvalue weighted by molar-refractivity contribution is 0.481. The fourth-order valence-electron chi connectivity index (χ4n) is 1.31. The normalized spacial score (nSPS) is 10.8. The SMILES string of the molecule is Cn1c(Br)cc2c(O)cccc21. The summed E-state index contributed by atoms with van der Waals surface area (Å²) >= 11 is 3.39. The number of benzene rings is 1. The second-order valence-corrected chi connectivity index (χ2v) is 3.55. The van der Waals surface area contributed by atoms with Gasteiger partial charge in [0.25, 0.3) is 0 Å². The Morgan fingerprint density at radius 2 is 2.17 bits per heavy atom. The molecule has 0 aliphatic rings. The molecule has 0 radical (unpaired) electrons. The predicted octanol–water partition coefficient (Wildman–Crippen LogP) is 2.65. The number of hydrogen-bond donors (Lipinski definition) is 1. The van der Waals surface area contributed by atoms with Crippen molar-refractivity contribution in [3.05, 3.63) is 28.9 Å². The summed E-state index contributed by atoms with van der Waals surface area (Å²) in [5.41, 5.74) is 1.03. The van der Waals surface area contributed by atoms with Gasteiger partial charge in [-0.3, -0.25) is 0 Å². The fourth-order valence-corrected chi connectivity index (χ4v) is 1.73. The van der Waals surface area contributed by atoms with Gasteiger partial charge in [0, 0.05) is 12.4 Å². The molecule has 0 spiro atoms. The molecule has 1 aromatic carbocycles. The van der Waals surface area contributed by atoms with Crippen LogP contribution in [-0.2, 0) is 7.05 Å². The predicted molar refractivity (Wildman–Crippen MR) is 52.3 cm³/mol. The lowest BCUT2D eigenvalue weighted by Crippen LogP contribution is -1.85. The lowest BCUT2D eigenvalue weighted by Gasteiger charge is -1.97. The molecule has 1 aromatic heterocycles. The van der Waals surface area contributed by atoms with Gasteiger partial charge in [-0.2, -0.15) is 0 Å². The second-order valence-electron chi connectivity index (χ2n) is 2.74. The van der Waals surface area contributed by atoms with Gasteiger partial charge in [0.05, 0.1) is 10.1 Å². The third kappa shape index (κ3) is 0.932. The van der Waals surface area contributed by atoms with Crippen LogP contribution in [0.15, 0.2) is 28.9 Å². The van der Waals surface area contributed by atoms with Crippen LogP contribution in [-0.4, -0.2) is 9.67 Å². The maximum atomic E-state index is 9.47. The van der Waals surface area contributed by atoms with Crippen molar-refractivity contribution in [2.45, 2.75) is 0 Å². The Morgan fingerprint density at radius 3 is 2.83 bits per heavy atom. The summed E-state index contributed by atoms with van der Waals surface area (Å²) < 4.78 is 2.95. The molecule has 0 saturated carbocycles. The van der Waals surface area contributed by atoms with Crippen molar-refractivity contribution in [2.24, 2.45) is 7.05 Å². The summed E-state index contributed by atoms with van der Waals surface area (Å²) in [6.45, 7) is 0. The number of phenolic OH excluding ortho intramolecular Hbond substituents is 1. The summed E-state index contributed by atoms with van der Waals surface area (Å²) in [5, 5.41) is 10.4. The molecule has 0 bridgehead atoms. The van der Waals surface area contributed by atoms with Gasteiger partial charge < -0.3 is 9.67 Å².